The van der Waals surface area contributed by atoms with Gasteiger partial charge in [-0.25, -0.2) is 0 Å². The molecule has 2 aromatic rings. The summed E-state index contributed by atoms with van der Waals surface area (Å²) in [4.78, 5) is 6.49. The maximum atomic E-state index is 5.18. The number of rotatable bonds is 6. The summed E-state index contributed by atoms with van der Waals surface area (Å²) < 4.78 is 7.31. The molecule has 6 heteroatoms. The number of aromatic nitrogens is 1. The molecular weight excluding hydrogens is 415 g/mol. The SMILES string of the molecule is CN=C(NCc1cccc(COC)c1)N(C)Cc1cccn1C.I. The van der Waals surface area contributed by atoms with Crippen LogP contribution in [0.5, 0.6) is 0 Å². The molecule has 0 unspecified atom stereocenters. The van der Waals surface area contributed by atoms with Crippen molar-refractivity contribution in [2.45, 2.75) is 19.7 Å². The van der Waals surface area contributed by atoms with Gasteiger partial charge in [0.1, 0.15) is 0 Å². The number of hydrogen-bond acceptors (Lipinski definition) is 2. The second kappa shape index (κ2) is 10.4. The Balaban J connectivity index is 0.00000288. The summed E-state index contributed by atoms with van der Waals surface area (Å²) in [6.45, 7) is 2.19. The topological polar surface area (TPSA) is 41.8 Å². The lowest BCUT2D eigenvalue weighted by Crippen LogP contribution is -2.38. The Labute approximate surface area is 161 Å². The van der Waals surface area contributed by atoms with Gasteiger partial charge >= 0.3 is 0 Å². The largest absolute Gasteiger partial charge is 0.380 e. The van der Waals surface area contributed by atoms with E-state index in [1.54, 1.807) is 7.11 Å². The molecule has 1 heterocycles. The number of guanidine groups is 1. The standard InChI is InChI=1S/C18H26N4O.HI/c1-19-18(22(3)13-17-9-6-10-21(17)2)20-12-15-7-5-8-16(11-15)14-23-4;/h5-11H,12-14H2,1-4H3,(H,19,20);1H. The Bertz CT molecular complexity index is 654. The van der Waals surface area contributed by atoms with E-state index < -0.39 is 0 Å². The number of nitrogens with one attached hydrogen (secondary N) is 1. The smallest absolute Gasteiger partial charge is 0.194 e. The van der Waals surface area contributed by atoms with E-state index in [1.165, 1.54) is 16.8 Å². The molecule has 0 fully saturated rings. The molecule has 0 spiro atoms. The van der Waals surface area contributed by atoms with Crippen LogP contribution in [0.1, 0.15) is 16.8 Å². The second-order valence-electron chi connectivity index (χ2n) is 5.62. The van der Waals surface area contributed by atoms with Crippen LogP contribution in [0, 0.1) is 0 Å². The summed E-state index contributed by atoms with van der Waals surface area (Å²) in [7, 11) is 7.63. The fraction of sp³-hybridized carbons (Fsp3) is 0.389. The van der Waals surface area contributed by atoms with Crippen molar-refractivity contribution >= 4 is 29.9 Å². The highest BCUT2D eigenvalue weighted by Gasteiger charge is 2.08. The number of benzene rings is 1. The van der Waals surface area contributed by atoms with Gasteiger partial charge in [0, 0.05) is 46.7 Å². The lowest BCUT2D eigenvalue weighted by atomic mass is 10.1. The molecule has 1 N–H and O–H groups in total. The maximum absolute atomic E-state index is 5.18. The zero-order valence-electron chi connectivity index (χ0n) is 14.8. The molecule has 5 nitrogen and oxygen atoms in total. The summed E-state index contributed by atoms with van der Waals surface area (Å²) in [6, 6.07) is 12.6. The van der Waals surface area contributed by atoms with Gasteiger partial charge in [0.25, 0.3) is 0 Å². The fourth-order valence-corrected chi connectivity index (χ4v) is 2.54. The van der Waals surface area contributed by atoms with Gasteiger partial charge in [-0.1, -0.05) is 24.3 Å². The van der Waals surface area contributed by atoms with Crippen LogP contribution in [-0.2, 0) is 31.5 Å². The second-order valence-corrected chi connectivity index (χ2v) is 5.62. The minimum Gasteiger partial charge on any atom is -0.380 e. The van der Waals surface area contributed by atoms with Crippen molar-refractivity contribution in [1.82, 2.24) is 14.8 Å². The minimum atomic E-state index is 0. The lowest BCUT2D eigenvalue weighted by Gasteiger charge is -2.22. The van der Waals surface area contributed by atoms with Crippen LogP contribution in [0.25, 0.3) is 0 Å². The molecule has 0 bridgehead atoms. The van der Waals surface area contributed by atoms with Crippen LogP contribution in [0.3, 0.4) is 0 Å². The summed E-state index contributed by atoms with van der Waals surface area (Å²) in [5.74, 6) is 0.878. The molecule has 24 heavy (non-hydrogen) atoms. The molecular formula is C18H27IN4O. The van der Waals surface area contributed by atoms with E-state index in [9.17, 15) is 0 Å². The number of hydrogen-bond donors (Lipinski definition) is 1. The van der Waals surface area contributed by atoms with Gasteiger partial charge in [0.05, 0.1) is 13.2 Å². The van der Waals surface area contributed by atoms with Gasteiger partial charge < -0.3 is 19.5 Å². The monoisotopic (exact) mass is 442 g/mol. The third-order valence-electron chi connectivity index (χ3n) is 3.78. The average Bonchev–Trinajstić information content (AvgIpc) is 2.94. The van der Waals surface area contributed by atoms with Crippen LogP contribution in [-0.4, -0.2) is 36.6 Å². The Hall–Kier alpha value is -1.54. The number of halogens is 1. The van der Waals surface area contributed by atoms with E-state index in [4.69, 9.17) is 4.74 Å². The van der Waals surface area contributed by atoms with Gasteiger partial charge in [-0.3, -0.25) is 4.99 Å². The molecule has 2 rings (SSSR count). The summed E-state index contributed by atoms with van der Waals surface area (Å²) >= 11 is 0. The summed E-state index contributed by atoms with van der Waals surface area (Å²) in [5.41, 5.74) is 3.64. The van der Waals surface area contributed by atoms with Crippen molar-refractivity contribution in [3.63, 3.8) is 0 Å². The first-order chi connectivity index (χ1) is 11.1. The predicted molar refractivity (Wildman–Crippen MR) is 110 cm³/mol. The highest BCUT2D eigenvalue weighted by atomic mass is 127. The van der Waals surface area contributed by atoms with Crippen molar-refractivity contribution in [3.8, 4) is 0 Å². The van der Waals surface area contributed by atoms with Gasteiger partial charge in [-0.05, 0) is 23.3 Å². The van der Waals surface area contributed by atoms with E-state index >= 15 is 0 Å². The highest BCUT2D eigenvalue weighted by Crippen LogP contribution is 2.07. The normalized spacial score (nSPS) is 11.1. The minimum absolute atomic E-state index is 0. The Morgan fingerprint density at radius 1 is 1.25 bits per heavy atom. The van der Waals surface area contributed by atoms with Crippen LogP contribution < -0.4 is 5.32 Å². The lowest BCUT2D eigenvalue weighted by molar-refractivity contribution is 0.185. The number of aliphatic imine (C=N–C) groups is 1. The van der Waals surface area contributed by atoms with E-state index in [0.717, 1.165) is 19.0 Å². The van der Waals surface area contributed by atoms with Crippen molar-refractivity contribution < 1.29 is 4.74 Å². The Kier molecular flexibility index (Phi) is 8.84. The number of methoxy groups -OCH3 is 1. The molecule has 0 aliphatic rings. The van der Waals surface area contributed by atoms with Crippen molar-refractivity contribution in [3.05, 3.63) is 59.4 Å². The molecule has 1 aromatic heterocycles. The molecule has 0 saturated carbocycles. The van der Waals surface area contributed by atoms with Crippen molar-refractivity contribution in [2.75, 3.05) is 21.2 Å². The van der Waals surface area contributed by atoms with Crippen molar-refractivity contribution in [2.24, 2.45) is 12.0 Å². The molecule has 0 atom stereocenters. The van der Waals surface area contributed by atoms with Crippen LogP contribution in [0.2, 0.25) is 0 Å². The molecule has 0 aliphatic heterocycles. The predicted octanol–water partition coefficient (Wildman–Crippen LogP) is 3.00. The van der Waals surface area contributed by atoms with Crippen LogP contribution >= 0.6 is 24.0 Å². The first kappa shape index (κ1) is 20.5. The fourth-order valence-electron chi connectivity index (χ4n) is 2.54. The molecule has 1 aromatic carbocycles. The first-order valence-corrected chi connectivity index (χ1v) is 7.72. The number of ether oxygens (including phenoxy) is 1. The highest BCUT2D eigenvalue weighted by molar-refractivity contribution is 14.0. The molecule has 0 radical (unpaired) electrons. The van der Waals surface area contributed by atoms with Crippen molar-refractivity contribution in [1.29, 1.82) is 0 Å². The average molecular weight is 442 g/mol. The van der Waals surface area contributed by atoms with E-state index in [1.807, 2.05) is 14.1 Å². The van der Waals surface area contributed by atoms with Crippen LogP contribution in [0.15, 0.2) is 47.6 Å². The quantitative estimate of drug-likeness (QED) is 0.425. The molecule has 0 saturated heterocycles. The summed E-state index contributed by atoms with van der Waals surface area (Å²) in [6.07, 6.45) is 2.06. The van der Waals surface area contributed by atoms with Crippen LogP contribution in [0.4, 0.5) is 0 Å². The van der Waals surface area contributed by atoms with E-state index in [2.05, 4.69) is 69.4 Å². The third-order valence-corrected chi connectivity index (χ3v) is 3.78. The Morgan fingerprint density at radius 3 is 2.62 bits per heavy atom. The van der Waals surface area contributed by atoms with E-state index in [-0.39, 0.29) is 24.0 Å². The molecule has 132 valence electrons. The number of aryl methyl sites for hydroxylation is 1. The zero-order chi connectivity index (χ0) is 16.7. The number of nitrogens with zero attached hydrogens (tertiary/aromatic N) is 3. The van der Waals surface area contributed by atoms with Gasteiger partial charge in [-0.2, -0.15) is 0 Å². The Morgan fingerprint density at radius 2 is 2.00 bits per heavy atom. The molecule has 0 aliphatic carbocycles. The maximum Gasteiger partial charge on any atom is 0.194 e. The van der Waals surface area contributed by atoms with Gasteiger partial charge in [-0.15, -0.1) is 24.0 Å². The zero-order valence-corrected chi connectivity index (χ0v) is 17.2. The summed E-state index contributed by atoms with van der Waals surface area (Å²) in [5, 5.41) is 3.41. The van der Waals surface area contributed by atoms with Gasteiger partial charge in [0.15, 0.2) is 5.96 Å². The third kappa shape index (κ3) is 5.83. The van der Waals surface area contributed by atoms with Gasteiger partial charge in [0.2, 0.25) is 0 Å². The van der Waals surface area contributed by atoms with E-state index in [0.29, 0.717) is 6.61 Å². The molecule has 0 amide bonds. The first-order valence-electron chi connectivity index (χ1n) is 7.72.